The second kappa shape index (κ2) is 6.75. The minimum Gasteiger partial charge on any atom is -0.496 e. The van der Waals surface area contributed by atoms with E-state index in [9.17, 15) is 4.79 Å². The number of urea groups is 1. The summed E-state index contributed by atoms with van der Waals surface area (Å²) in [5, 5.41) is 3.01. The summed E-state index contributed by atoms with van der Waals surface area (Å²) in [5.41, 5.74) is 5.62. The summed E-state index contributed by atoms with van der Waals surface area (Å²) >= 11 is 0. The molecule has 0 bridgehead atoms. The first kappa shape index (κ1) is 15.9. The highest BCUT2D eigenvalue weighted by Crippen LogP contribution is 2.28. The van der Waals surface area contributed by atoms with Gasteiger partial charge in [-0.05, 0) is 55.4 Å². The van der Waals surface area contributed by atoms with E-state index in [0.29, 0.717) is 13.1 Å². The molecule has 0 fully saturated rings. The van der Waals surface area contributed by atoms with Crippen LogP contribution >= 0.6 is 0 Å². The van der Waals surface area contributed by atoms with Gasteiger partial charge in [-0.1, -0.05) is 12.1 Å². The zero-order chi connectivity index (χ0) is 17.2. The molecule has 1 aromatic carbocycles. The molecule has 2 amide bonds. The molecule has 5 nitrogen and oxygen atoms in total. The van der Waals surface area contributed by atoms with Crippen LogP contribution in [0.3, 0.4) is 0 Å². The highest BCUT2D eigenvalue weighted by Gasteiger charge is 2.23. The van der Waals surface area contributed by atoms with E-state index in [4.69, 9.17) is 4.74 Å². The van der Waals surface area contributed by atoms with Crippen LogP contribution in [-0.4, -0.2) is 29.6 Å². The molecule has 1 aliphatic carbocycles. The number of methoxy groups -OCH3 is 1. The van der Waals surface area contributed by atoms with Gasteiger partial charge in [-0.25, -0.2) is 4.79 Å². The molecule has 2 aliphatic rings. The Hall–Kier alpha value is -2.56. The number of benzene rings is 1. The lowest BCUT2D eigenvalue weighted by atomic mass is 9.96. The Morgan fingerprint density at radius 1 is 1.20 bits per heavy atom. The maximum atomic E-state index is 12.7. The van der Waals surface area contributed by atoms with Crippen molar-refractivity contribution in [1.29, 1.82) is 0 Å². The monoisotopic (exact) mass is 337 g/mol. The smallest absolute Gasteiger partial charge is 0.322 e. The molecule has 1 aromatic heterocycles. The fourth-order valence-electron chi connectivity index (χ4n) is 3.80. The van der Waals surface area contributed by atoms with Crippen molar-refractivity contribution in [3.8, 4) is 5.75 Å². The van der Waals surface area contributed by atoms with Crippen LogP contribution in [0.1, 0.15) is 35.2 Å². The van der Waals surface area contributed by atoms with Gasteiger partial charge < -0.3 is 15.0 Å². The van der Waals surface area contributed by atoms with Gasteiger partial charge in [-0.3, -0.25) is 4.98 Å². The fraction of sp³-hybridized carbons (Fsp3) is 0.400. The van der Waals surface area contributed by atoms with Crippen LogP contribution in [0.25, 0.3) is 0 Å². The van der Waals surface area contributed by atoms with Crippen molar-refractivity contribution in [3.63, 3.8) is 0 Å². The zero-order valence-corrected chi connectivity index (χ0v) is 14.5. The highest BCUT2D eigenvalue weighted by atomic mass is 16.5. The van der Waals surface area contributed by atoms with Crippen molar-refractivity contribution >= 4 is 11.7 Å². The Morgan fingerprint density at radius 3 is 2.96 bits per heavy atom. The van der Waals surface area contributed by atoms with Gasteiger partial charge in [-0.15, -0.1) is 0 Å². The number of rotatable bonds is 2. The number of ether oxygens (including phenoxy) is 1. The molecule has 1 aliphatic heterocycles. The standard InChI is InChI=1S/C20H23N3O2/c1-25-19-8-4-6-15-13-23(10-9-17(15)19)20(24)22-16-11-14-5-2-3-7-18(14)21-12-16/h4,6,8,11-12H,2-3,5,7,9-10,13H2,1H3,(H,22,24). The summed E-state index contributed by atoms with van der Waals surface area (Å²) in [6, 6.07) is 8.05. The van der Waals surface area contributed by atoms with E-state index in [1.165, 1.54) is 29.7 Å². The third kappa shape index (κ3) is 3.18. The van der Waals surface area contributed by atoms with Gasteiger partial charge in [0.05, 0.1) is 19.0 Å². The number of anilines is 1. The minimum atomic E-state index is -0.0639. The lowest BCUT2D eigenvalue weighted by Gasteiger charge is -2.30. The molecule has 5 heteroatoms. The number of nitrogens with zero attached hydrogens (tertiary/aromatic N) is 2. The van der Waals surface area contributed by atoms with Crippen LogP contribution in [-0.2, 0) is 25.8 Å². The number of hydrogen-bond donors (Lipinski definition) is 1. The van der Waals surface area contributed by atoms with Gasteiger partial charge in [0.2, 0.25) is 0 Å². The van der Waals surface area contributed by atoms with Gasteiger partial charge in [0.1, 0.15) is 5.75 Å². The molecule has 2 aromatic rings. The summed E-state index contributed by atoms with van der Waals surface area (Å²) in [5.74, 6) is 0.913. The fourth-order valence-corrected chi connectivity index (χ4v) is 3.80. The Balaban J connectivity index is 1.47. The molecular formula is C20H23N3O2. The third-order valence-electron chi connectivity index (χ3n) is 5.15. The van der Waals surface area contributed by atoms with Crippen LogP contribution in [0.5, 0.6) is 5.75 Å². The Morgan fingerprint density at radius 2 is 2.08 bits per heavy atom. The van der Waals surface area contributed by atoms with Gasteiger partial charge in [0, 0.05) is 24.3 Å². The second-order valence-corrected chi connectivity index (χ2v) is 6.74. The van der Waals surface area contributed by atoms with Crippen LogP contribution < -0.4 is 10.1 Å². The van der Waals surface area contributed by atoms with E-state index in [0.717, 1.165) is 36.3 Å². The van der Waals surface area contributed by atoms with Crippen molar-refractivity contribution in [3.05, 3.63) is 52.8 Å². The Bertz CT molecular complexity index is 804. The molecule has 2 heterocycles. The summed E-state index contributed by atoms with van der Waals surface area (Å²) in [6.07, 6.45) is 7.12. The largest absolute Gasteiger partial charge is 0.496 e. The Kier molecular flexibility index (Phi) is 4.30. The van der Waals surface area contributed by atoms with E-state index >= 15 is 0 Å². The molecule has 4 rings (SSSR count). The first-order valence-electron chi connectivity index (χ1n) is 8.93. The van der Waals surface area contributed by atoms with E-state index in [1.807, 2.05) is 17.0 Å². The number of pyridine rings is 1. The van der Waals surface area contributed by atoms with Crippen LogP contribution in [0, 0.1) is 0 Å². The summed E-state index contributed by atoms with van der Waals surface area (Å²) < 4.78 is 5.43. The van der Waals surface area contributed by atoms with Crippen molar-refractivity contribution in [1.82, 2.24) is 9.88 Å². The quantitative estimate of drug-likeness (QED) is 0.911. The molecule has 0 saturated carbocycles. The average molecular weight is 337 g/mol. The predicted molar refractivity (Wildman–Crippen MR) is 97.0 cm³/mol. The second-order valence-electron chi connectivity index (χ2n) is 6.74. The van der Waals surface area contributed by atoms with Crippen LogP contribution in [0.4, 0.5) is 10.5 Å². The van der Waals surface area contributed by atoms with Crippen LogP contribution in [0.15, 0.2) is 30.5 Å². The summed E-state index contributed by atoms with van der Waals surface area (Å²) in [6.45, 7) is 1.30. The van der Waals surface area contributed by atoms with Gasteiger partial charge >= 0.3 is 6.03 Å². The number of carbonyl (C=O) groups is 1. The topological polar surface area (TPSA) is 54.5 Å². The normalized spacial score (nSPS) is 16.0. The molecule has 0 spiro atoms. The summed E-state index contributed by atoms with van der Waals surface area (Å²) in [7, 11) is 1.69. The molecule has 0 unspecified atom stereocenters. The maximum Gasteiger partial charge on any atom is 0.322 e. The number of nitrogens with one attached hydrogen (secondary N) is 1. The molecule has 1 N–H and O–H groups in total. The minimum absolute atomic E-state index is 0.0639. The molecule has 0 atom stereocenters. The first-order valence-corrected chi connectivity index (χ1v) is 8.93. The molecule has 130 valence electrons. The molecule has 0 radical (unpaired) electrons. The average Bonchev–Trinajstić information content (AvgIpc) is 2.67. The number of fused-ring (bicyclic) bond motifs is 2. The lowest BCUT2D eigenvalue weighted by molar-refractivity contribution is 0.206. The maximum absolute atomic E-state index is 12.7. The van der Waals surface area contributed by atoms with Crippen molar-refractivity contribution in [2.45, 2.75) is 38.6 Å². The third-order valence-corrected chi connectivity index (χ3v) is 5.15. The van der Waals surface area contributed by atoms with E-state index in [1.54, 1.807) is 13.3 Å². The van der Waals surface area contributed by atoms with E-state index in [2.05, 4.69) is 22.4 Å². The number of aryl methyl sites for hydroxylation is 2. The Labute approximate surface area is 148 Å². The van der Waals surface area contributed by atoms with Crippen LogP contribution in [0.2, 0.25) is 0 Å². The van der Waals surface area contributed by atoms with E-state index in [-0.39, 0.29) is 6.03 Å². The van der Waals surface area contributed by atoms with Gasteiger partial charge in [0.15, 0.2) is 0 Å². The predicted octanol–water partition coefficient (Wildman–Crippen LogP) is 3.56. The number of carbonyl (C=O) groups excluding carboxylic acids is 1. The first-order chi connectivity index (χ1) is 12.2. The summed E-state index contributed by atoms with van der Waals surface area (Å²) in [4.78, 5) is 19.0. The zero-order valence-electron chi connectivity index (χ0n) is 14.5. The highest BCUT2D eigenvalue weighted by molar-refractivity contribution is 5.89. The van der Waals surface area contributed by atoms with E-state index < -0.39 is 0 Å². The number of aromatic nitrogens is 1. The molecule has 0 saturated heterocycles. The number of amides is 2. The van der Waals surface area contributed by atoms with Crippen molar-refractivity contribution in [2.75, 3.05) is 19.0 Å². The van der Waals surface area contributed by atoms with Gasteiger partial charge in [-0.2, -0.15) is 0 Å². The lowest BCUT2D eigenvalue weighted by Crippen LogP contribution is -2.39. The molecule has 25 heavy (non-hydrogen) atoms. The SMILES string of the molecule is COc1cccc2c1CCN(C(=O)Nc1cnc3c(c1)CCCC3)C2. The molecular weight excluding hydrogens is 314 g/mol. The van der Waals surface area contributed by atoms with Gasteiger partial charge in [0.25, 0.3) is 0 Å². The van der Waals surface area contributed by atoms with Crippen molar-refractivity contribution in [2.24, 2.45) is 0 Å². The number of hydrogen-bond acceptors (Lipinski definition) is 3. The van der Waals surface area contributed by atoms with Crippen molar-refractivity contribution < 1.29 is 9.53 Å².